The second-order valence-corrected chi connectivity index (χ2v) is 6.68. The van der Waals surface area contributed by atoms with Crippen LogP contribution in [0.2, 0.25) is 0 Å². The molecule has 0 aromatic heterocycles. The number of hydrogen-bond donors (Lipinski definition) is 2. The van der Waals surface area contributed by atoms with Crippen molar-refractivity contribution in [2.45, 2.75) is 31.7 Å². The Morgan fingerprint density at radius 3 is 2.71 bits per heavy atom. The van der Waals surface area contributed by atoms with Gasteiger partial charge in [-0.1, -0.05) is 43.3 Å². The van der Waals surface area contributed by atoms with Crippen LogP contribution in [0.3, 0.4) is 0 Å². The lowest BCUT2D eigenvalue weighted by Gasteiger charge is -2.37. The highest BCUT2D eigenvalue weighted by Crippen LogP contribution is 2.49. The van der Waals surface area contributed by atoms with Crippen molar-refractivity contribution >= 4 is 11.7 Å². The van der Waals surface area contributed by atoms with E-state index in [0.29, 0.717) is 11.5 Å². The summed E-state index contributed by atoms with van der Waals surface area (Å²) in [4.78, 5) is 11.3. The highest BCUT2D eigenvalue weighted by atomic mass is 16.4. The summed E-state index contributed by atoms with van der Waals surface area (Å²) in [5.41, 5.74) is 5.17. The molecule has 1 aliphatic carbocycles. The maximum absolute atomic E-state index is 11.3. The van der Waals surface area contributed by atoms with E-state index < -0.39 is 5.97 Å². The lowest BCUT2D eigenvalue weighted by atomic mass is 9.76. The number of rotatable bonds is 3. The highest BCUT2D eigenvalue weighted by Gasteiger charge is 2.38. The van der Waals surface area contributed by atoms with Gasteiger partial charge in [0.15, 0.2) is 0 Å². The maximum Gasteiger partial charge on any atom is 0.335 e. The van der Waals surface area contributed by atoms with Crippen molar-refractivity contribution in [1.82, 2.24) is 0 Å². The van der Waals surface area contributed by atoms with Crippen molar-refractivity contribution < 1.29 is 9.90 Å². The van der Waals surface area contributed by atoms with Crippen LogP contribution < -0.4 is 5.32 Å². The number of aryl methyl sites for hydroxylation is 1. The normalized spacial score (nSPS) is 24.1. The first-order chi connectivity index (χ1) is 11.7. The van der Waals surface area contributed by atoms with Crippen LogP contribution in [0.15, 0.2) is 54.6 Å². The van der Waals surface area contributed by atoms with Gasteiger partial charge < -0.3 is 10.4 Å². The predicted octanol–water partition coefficient (Wildman–Crippen LogP) is 4.77. The topological polar surface area (TPSA) is 49.3 Å². The Kier molecular flexibility index (Phi) is 3.64. The monoisotopic (exact) mass is 319 g/mol. The van der Waals surface area contributed by atoms with Crippen molar-refractivity contribution in [3.63, 3.8) is 0 Å². The molecule has 1 heterocycles. The first kappa shape index (κ1) is 15.0. The van der Waals surface area contributed by atoms with Crippen LogP contribution in [-0.2, 0) is 6.42 Å². The molecule has 0 fully saturated rings. The Balaban J connectivity index is 1.73. The number of nitrogens with one attached hydrogen (secondary N) is 1. The molecule has 3 atom stereocenters. The van der Waals surface area contributed by atoms with Crippen LogP contribution in [-0.4, -0.2) is 11.1 Å². The molecule has 1 aliphatic heterocycles. The molecule has 2 unspecified atom stereocenters. The fraction of sp³-hybridized carbons (Fsp3) is 0.286. The molecule has 0 saturated heterocycles. The lowest BCUT2D eigenvalue weighted by Crippen LogP contribution is -2.29. The van der Waals surface area contributed by atoms with E-state index >= 15 is 0 Å². The molecular weight excluding hydrogens is 298 g/mol. The van der Waals surface area contributed by atoms with E-state index in [1.165, 1.54) is 11.1 Å². The molecule has 122 valence electrons. The second-order valence-electron chi connectivity index (χ2n) is 6.68. The fourth-order valence-electron chi connectivity index (χ4n) is 4.02. The number of benzene rings is 2. The summed E-state index contributed by atoms with van der Waals surface area (Å²) in [6.07, 6.45) is 6.54. The molecular formula is C21H21NO2. The third-order valence-corrected chi connectivity index (χ3v) is 5.36. The number of carbonyl (C=O) groups is 1. The summed E-state index contributed by atoms with van der Waals surface area (Å²) in [7, 11) is 0. The van der Waals surface area contributed by atoms with Gasteiger partial charge in [-0.05, 0) is 53.6 Å². The van der Waals surface area contributed by atoms with Crippen LogP contribution >= 0.6 is 0 Å². The van der Waals surface area contributed by atoms with Crippen LogP contribution in [0.25, 0.3) is 0 Å². The zero-order valence-electron chi connectivity index (χ0n) is 13.7. The third-order valence-electron chi connectivity index (χ3n) is 5.36. The van der Waals surface area contributed by atoms with E-state index in [1.54, 1.807) is 6.07 Å². The van der Waals surface area contributed by atoms with E-state index in [9.17, 15) is 9.90 Å². The summed E-state index contributed by atoms with van der Waals surface area (Å²) >= 11 is 0. The molecule has 2 aromatic carbocycles. The molecule has 0 radical (unpaired) electrons. The van der Waals surface area contributed by atoms with Crippen molar-refractivity contribution in [2.24, 2.45) is 5.92 Å². The maximum atomic E-state index is 11.3. The van der Waals surface area contributed by atoms with Crippen molar-refractivity contribution in [1.29, 1.82) is 0 Å². The molecule has 4 rings (SSSR count). The minimum atomic E-state index is -0.867. The quantitative estimate of drug-likeness (QED) is 0.801. The van der Waals surface area contributed by atoms with Gasteiger partial charge in [0.25, 0.3) is 0 Å². The first-order valence-corrected chi connectivity index (χ1v) is 8.56. The summed E-state index contributed by atoms with van der Waals surface area (Å²) in [5, 5.41) is 12.9. The van der Waals surface area contributed by atoms with E-state index in [0.717, 1.165) is 24.1 Å². The van der Waals surface area contributed by atoms with Gasteiger partial charge in [0.1, 0.15) is 0 Å². The Bertz CT molecular complexity index is 807. The predicted molar refractivity (Wildman–Crippen MR) is 95.6 cm³/mol. The smallest absolute Gasteiger partial charge is 0.335 e. The van der Waals surface area contributed by atoms with E-state index in [1.807, 2.05) is 12.1 Å². The molecule has 2 aliphatic rings. The van der Waals surface area contributed by atoms with Crippen molar-refractivity contribution in [3.8, 4) is 0 Å². The summed E-state index contributed by atoms with van der Waals surface area (Å²) in [6.45, 7) is 2.17. The molecule has 0 saturated carbocycles. The van der Waals surface area contributed by atoms with Crippen molar-refractivity contribution in [2.75, 3.05) is 5.32 Å². The third kappa shape index (κ3) is 2.41. The standard InChI is InChI=1S/C21H21NO2/c1-2-13-6-8-14(9-7-13)20-17-5-3-4-16(17)18-12-15(21(23)24)10-11-19(18)22-20/h3-4,6-12,16-17,20,22H,2,5H2,1H3,(H,23,24)/t16?,17?,20-/m1/s1. The number of aromatic carboxylic acids is 1. The molecule has 3 nitrogen and oxygen atoms in total. The van der Waals surface area contributed by atoms with Gasteiger partial charge in [-0.15, -0.1) is 0 Å². The van der Waals surface area contributed by atoms with E-state index in [4.69, 9.17) is 0 Å². The number of allylic oxidation sites excluding steroid dienone is 2. The average molecular weight is 319 g/mol. The Morgan fingerprint density at radius 1 is 1.21 bits per heavy atom. The minimum absolute atomic E-state index is 0.263. The van der Waals surface area contributed by atoms with E-state index in [2.05, 4.69) is 48.7 Å². The van der Waals surface area contributed by atoms with Crippen LogP contribution in [0.1, 0.15) is 52.4 Å². The summed E-state index contributed by atoms with van der Waals surface area (Å²) in [5.74, 6) is -0.140. The van der Waals surface area contributed by atoms with Gasteiger partial charge in [-0.3, -0.25) is 0 Å². The van der Waals surface area contributed by atoms with Crippen LogP contribution in [0.5, 0.6) is 0 Å². The SMILES string of the molecule is CCc1ccc([C@H]2Nc3ccc(C(=O)O)cc3C3C=CCC32)cc1. The molecule has 2 aromatic rings. The molecule has 24 heavy (non-hydrogen) atoms. The Hall–Kier alpha value is -2.55. The zero-order valence-corrected chi connectivity index (χ0v) is 13.7. The Morgan fingerprint density at radius 2 is 2.00 bits per heavy atom. The molecule has 0 amide bonds. The average Bonchev–Trinajstić information content (AvgIpc) is 3.10. The summed E-state index contributed by atoms with van der Waals surface area (Å²) in [6, 6.07) is 14.5. The molecule has 0 spiro atoms. The number of fused-ring (bicyclic) bond motifs is 3. The van der Waals surface area contributed by atoms with Gasteiger partial charge >= 0.3 is 5.97 Å². The fourth-order valence-corrected chi connectivity index (χ4v) is 4.02. The van der Waals surface area contributed by atoms with Crippen LogP contribution in [0, 0.1) is 5.92 Å². The first-order valence-electron chi connectivity index (χ1n) is 8.56. The van der Waals surface area contributed by atoms with E-state index in [-0.39, 0.29) is 12.0 Å². The molecule has 0 bridgehead atoms. The molecule has 3 heteroatoms. The zero-order chi connectivity index (χ0) is 16.7. The summed E-state index contributed by atoms with van der Waals surface area (Å²) < 4.78 is 0. The number of anilines is 1. The van der Waals surface area contributed by atoms with Gasteiger partial charge in [0.05, 0.1) is 11.6 Å². The number of hydrogen-bond acceptors (Lipinski definition) is 2. The van der Waals surface area contributed by atoms with Gasteiger partial charge in [0, 0.05) is 11.6 Å². The lowest BCUT2D eigenvalue weighted by molar-refractivity contribution is 0.0696. The minimum Gasteiger partial charge on any atom is -0.478 e. The Labute approximate surface area is 142 Å². The second kappa shape index (κ2) is 5.82. The van der Waals surface area contributed by atoms with Crippen molar-refractivity contribution in [3.05, 3.63) is 76.9 Å². The highest BCUT2D eigenvalue weighted by molar-refractivity contribution is 5.89. The van der Waals surface area contributed by atoms with Gasteiger partial charge in [0.2, 0.25) is 0 Å². The molecule has 2 N–H and O–H groups in total. The number of carboxylic acid groups (broad SMARTS) is 1. The largest absolute Gasteiger partial charge is 0.478 e. The number of carboxylic acids is 1. The van der Waals surface area contributed by atoms with Gasteiger partial charge in [-0.25, -0.2) is 4.79 Å². The van der Waals surface area contributed by atoms with Crippen LogP contribution in [0.4, 0.5) is 5.69 Å². The van der Waals surface area contributed by atoms with Gasteiger partial charge in [-0.2, -0.15) is 0 Å².